The summed E-state index contributed by atoms with van der Waals surface area (Å²) in [6, 6.07) is 1.69. The van der Waals surface area contributed by atoms with Gasteiger partial charge in [0.25, 0.3) is 0 Å². The number of thiophene rings is 1. The first-order valence-electron chi connectivity index (χ1n) is 6.07. The van der Waals surface area contributed by atoms with Crippen molar-refractivity contribution in [3.63, 3.8) is 0 Å². The van der Waals surface area contributed by atoms with Crippen molar-refractivity contribution >= 4 is 33.0 Å². The highest BCUT2D eigenvalue weighted by atomic mass is 35.5. The van der Waals surface area contributed by atoms with Crippen molar-refractivity contribution < 1.29 is 8.42 Å². The minimum atomic E-state index is -3.33. The lowest BCUT2D eigenvalue weighted by Crippen LogP contribution is -2.42. The van der Waals surface area contributed by atoms with Crippen LogP contribution in [-0.4, -0.2) is 25.8 Å². The second kappa shape index (κ2) is 5.49. The van der Waals surface area contributed by atoms with Crippen molar-refractivity contribution in [2.45, 2.75) is 31.0 Å². The maximum atomic E-state index is 12.5. The summed E-state index contributed by atoms with van der Waals surface area (Å²) >= 11 is 7.13. The molecule has 6 heteroatoms. The molecule has 0 spiro atoms. The van der Waals surface area contributed by atoms with Crippen molar-refractivity contribution in [3.05, 3.63) is 16.3 Å². The molecule has 0 amide bonds. The van der Waals surface area contributed by atoms with E-state index < -0.39 is 10.0 Å². The number of hydrogen-bond acceptors (Lipinski definition) is 3. The molecule has 2 atom stereocenters. The van der Waals surface area contributed by atoms with Gasteiger partial charge in [0.1, 0.15) is 0 Å². The zero-order chi connectivity index (χ0) is 13.3. The van der Waals surface area contributed by atoms with Gasteiger partial charge in [0.2, 0.25) is 10.0 Å². The molecule has 0 aliphatic carbocycles. The zero-order valence-electron chi connectivity index (χ0n) is 10.6. The SMILES string of the molecule is CC1CC(C)CN(S(=O)(=O)c2csc(CCl)c2)C1. The summed E-state index contributed by atoms with van der Waals surface area (Å²) in [7, 11) is -3.33. The molecule has 1 fully saturated rings. The van der Waals surface area contributed by atoms with Crippen molar-refractivity contribution in [3.8, 4) is 0 Å². The number of piperidine rings is 1. The van der Waals surface area contributed by atoms with Crippen LogP contribution in [-0.2, 0) is 15.9 Å². The van der Waals surface area contributed by atoms with Gasteiger partial charge in [0, 0.05) is 23.3 Å². The van der Waals surface area contributed by atoms with Gasteiger partial charge in [0.15, 0.2) is 0 Å². The van der Waals surface area contributed by atoms with Crippen molar-refractivity contribution in [2.75, 3.05) is 13.1 Å². The Bertz CT molecular complexity index is 502. The topological polar surface area (TPSA) is 37.4 Å². The van der Waals surface area contributed by atoms with E-state index in [1.165, 1.54) is 11.3 Å². The smallest absolute Gasteiger partial charge is 0.207 e. The average Bonchev–Trinajstić information content (AvgIpc) is 2.76. The molecule has 1 aliphatic heterocycles. The lowest BCUT2D eigenvalue weighted by molar-refractivity contribution is 0.222. The molecular weight excluding hydrogens is 290 g/mol. The number of nitrogens with zero attached hydrogens (tertiary/aromatic N) is 1. The summed E-state index contributed by atoms with van der Waals surface area (Å²) in [6.07, 6.45) is 1.10. The highest BCUT2D eigenvalue weighted by Crippen LogP contribution is 2.29. The number of halogens is 1. The highest BCUT2D eigenvalue weighted by molar-refractivity contribution is 7.89. The Morgan fingerprint density at radius 2 is 2.00 bits per heavy atom. The predicted molar refractivity (Wildman–Crippen MR) is 75.6 cm³/mol. The molecule has 0 N–H and O–H groups in total. The average molecular weight is 308 g/mol. The third kappa shape index (κ3) is 2.90. The van der Waals surface area contributed by atoms with Crippen LogP contribution >= 0.6 is 22.9 Å². The van der Waals surface area contributed by atoms with Crippen LogP contribution in [0.15, 0.2) is 16.3 Å². The minimum absolute atomic E-state index is 0.368. The molecule has 1 aromatic rings. The third-order valence-corrected chi connectivity index (χ3v) is 6.58. The molecule has 1 aliphatic rings. The summed E-state index contributed by atoms with van der Waals surface area (Å²) in [5.41, 5.74) is 0. The van der Waals surface area contributed by atoms with Gasteiger partial charge in [-0.25, -0.2) is 8.42 Å². The lowest BCUT2D eigenvalue weighted by atomic mass is 9.94. The summed E-state index contributed by atoms with van der Waals surface area (Å²) in [5, 5.41) is 1.69. The van der Waals surface area contributed by atoms with Gasteiger partial charge in [-0.2, -0.15) is 4.31 Å². The first-order chi connectivity index (χ1) is 8.43. The Morgan fingerprint density at radius 1 is 1.39 bits per heavy atom. The van der Waals surface area contributed by atoms with Gasteiger partial charge in [-0.1, -0.05) is 13.8 Å². The molecule has 2 heterocycles. The molecule has 18 heavy (non-hydrogen) atoms. The Kier molecular flexibility index (Phi) is 4.36. The van der Waals surface area contributed by atoms with E-state index in [2.05, 4.69) is 13.8 Å². The van der Waals surface area contributed by atoms with Crippen LogP contribution in [0.3, 0.4) is 0 Å². The third-order valence-electron chi connectivity index (χ3n) is 3.23. The molecular formula is C12H18ClNO2S2. The Balaban J connectivity index is 2.25. The predicted octanol–water partition coefficient (Wildman–Crippen LogP) is 3.15. The Labute approximate surface area is 118 Å². The number of rotatable bonds is 3. The van der Waals surface area contributed by atoms with Gasteiger partial charge in [-0.15, -0.1) is 22.9 Å². The number of hydrogen-bond donors (Lipinski definition) is 0. The van der Waals surface area contributed by atoms with Crippen LogP contribution in [0.1, 0.15) is 25.1 Å². The van der Waals surface area contributed by atoms with Gasteiger partial charge in [-0.3, -0.25) is 0 Å². The van der Waals surface area contributed by atoms with Crippen LogP contribution in [0.2, 0.25) is 0 Å². The molecule has 3 nitrogen and oxygen atoms in total. The van der Waals surface area contributed by atoms with E-state index in [1.807, 2.05) is 0 Å². The second-order valence-electron chi connectivity index (χ2n) is 5.15. The number of alkyl halides is 1. The first kappa shape index (κ1) is 14.3. The molecule has 2 rings (SSSR count). The van der Waals surface area contributed by atoms with Gasteiger partial charge < -0.3 is 0 Å². The summed E-state index contributed by atoms with van der Waals surface area (Å²) in [4.78, 5) is 1.29. The molecule has 1 aromatic heterocycles. The van der Waals surface area contributed by atoms with Gasteiger partial charge in [-0.05, 0) is 24.3 Å². The van der Waals surface area contributed by atoms with E-state index in [9.17, 15) is 8.42 Å². The fourth-order valence-electron chi connectivity index (χ4n) is 2.52. The molecule has 2 unspecified atom stereocenters. The molecule has 0 bridgehead atoms. The largest absolute Gasteiger partial charge is 0.243 e. The van der Waals surface area contributed by atoms with E-state index in [0.717, 1.165) is 11.3 Å². The summed E-state index contributed by atoms with van der Waals surface area (Å²) in [5.74, 6) is 1.22. The second-order valence-corrected chi connectivity index (χ2v) is 8.35. The fraction of sp³-hybridized carbons (Fsp3) is 0.667. The Hall–Kier alpha value is -0.100. The van der Waals surface area contributed by atoms with Crippen LogP contribution < -0.4 is 0 Å². The van der Waals surface area contributed by atoms with Crippen molar-refractivity contribution in [1.82, 2.24) is 4.31 Å². The summed E-state index contributed by atoms with van der Waals surface area (Å²) in [6.45, 7) is 5.46. The molecule has 102 valence electrons. The molecule has 1 saturated heterocycles. The maximum Gasteiger partial charge on any atom is 0.243 e. The van der Waals surface area contributed by atoms with Crippen LogP contribution in [0, 0.1) is 11.8 Å². The van der Waals surface area contributed by atoms with E-state index >= 15 is 0 Å². The molecule has 0 radical (unpaired) electrons. The molecule has 0 saturated carbocycles. The van der Waals surface area contributed by atoms with E-state index in [1.54, 1.807) is 15.8 Å². The standard InChI is InChI=1S/C12H18ClNO2S2/c1-9-3-10(2)7-14(6-9)18(15,16)12-4-11(5-13)17-8-12/h4,8-10H,3,5-7H2,1-2H3. The normalized spacial score (nSPS) is 26.4. The van der Waals surface area contributed by atoms with E-state index in [-0.39, 0.29) is 0 Å². The lowest BCUT2D eigenvalue weighted by Gasteiger charge is -2.33. The maximum absolute atomic E-state index is 12.5. The quantitative estimate of drug-likeness (QED) is 0.804. The minimum Gasteiger partial charge on any atom is -0.207 e. The molecule has 0 aromatic carbocycles. The van der Waals surface area contributed by atoms with Gasteiger partial charge >= 0.3 is 0 Å². The van der Waals surface area contributed by atoms with E-state index in [0.29, 0.717) is 35.7 Å². The monoisotopic (exact) mass is 307 g/mol. The van der Waals surface area contributed by atoms with Crippen LogP contribution in [0.25, 0.3) is 0 Å². The zero-order valence-corrected chi connectivity index (χ0v) is 13.0. The van der Waals surface area contributed by atoms with Crippen LogP contribution in [0.5, 0.6) is 0 Å². The number of sulfonamides is 1. The van der Waals surface area contributed by atoms with E-state index in [4.69, 9.17) is 11.6 Å². The van der Waals surface area contributed by atoms with Crippen LogP contribution in [0.4, 0.5) is 0 Å². The van der Waals surface area contributed by atoms with Gasteiger partial charge in [0.05, 0.1) is 10.8 Å². The van der Waals surface area contributed by atoms with Crippen molar-refractivity contribution in [2.24, 2.45) is 11.8 Å². The fourth-order valence-corrected chi connectivity index (χ4v) is 5.57. The first-order valence-corrected chi connectivity index (χ1v) is 8.92. The van der Waals surface area contributed by atoms with Crippen molar-refractivity contribution in [1.29, 1.82) is 0 Å². The summed E-state index contributed by atoms with van der Waals surface area (Å²) < 4.78 is 26.6. The highest BCUT2D eigenvalue weighted by Gasteiger charge is 2.32. The Morgan fingerprint density at radius 3 is 2.50 bits per heavy atom.